The van der Waals surface area contributed by atoms with Gasteiger partial charge in [0, 0.05) is 4.83 Å². The maximum absolute atomic E-state index is 11.4. The standard InChI is InChI=1S/C16H18BrNO2/c17-16(12-6-9-1-2-10(12)5-9)11-3-4-14-13(7-11)18-15(19)8-20-14/h3-4,7,9-10,12,16H,1-2,5-6,8H2,(H,18,19). The van der Waals surface area contributed by atoms with Crippen molar-refractivity contribution in [1.82, 2.24) is 0 Å². The van der Waals surface area contributed by atoms with Gasteiger partial charge in [-0.1, -0.05) is 28.4 Å². The van der Waals surface area contributed by atoms with Crippen molar-refractivity contribution in [2.75, 3.05) is 11.9 Å². The summed E-state index contributed by atoms with van der Waals surface area (Å²) >= 11 is 3.90. The van der Waals surface area contributed by atoms with Crippen LogP contribution in [0.3, 0.4) is 0 Å². The Kier molecular flexibility index (Phi) is 3.02. The molecule has 0 aromatic heterocycles. The number of hydrogen-bond acceptors (Lipinski definition) is 2. The number of amides is 1. The number of alkyl halides is 1. The van der Waals surface area contributed by atoms with Gasteiger partial charge >= 0.3 is 0 Å². The molecule has 106 valence electrons. The number of carbonyl (C=O) groups is 1. The molecule has 1 heterocycles. The predicted molar refractivity (Wildman–Crippen MR) is 81.2 cm³/mol. The first-order valence-corrected chi connectivity index (χ1v) is 8.33. The molecule has 2 aliphatic carbocycles. The van der Waals surface area contributed by atoms with Crippen molar-refractivity contribution in [3.63, 3.8) is 0 Å². The largest absolute Gasteiger partial charge is 0.482 e. The van der Waals surface area contributed by atoms with Crippen molar-refractivity contribution in [2.24, 2.45) is 17.8 Å². The van der Waals surface area contributed by atoms with Crippen LogP contribution in [0.2, 0.25) is 0 Å². The first-order valence-electron chi connectivity index (χ1n) is 7.41. The maximum atomic E-state index is 11.4. The minimum absolute atomic E-state index is 0.0688. The third-order valence-electron chi connectivity index (χ3n) is 5.12. The highest BCUT2D eigenvalue weighted by molar-refractivity contribution is 9.09. The van der Waals surface area contributed by atoms with E-state index in [2.05, 4.69) is 33.4 Å². The minimum Gasteiger partial charge on any atom is -0.482 e. The Hall–Kier alpha value is -1.03. The lowest BCUT2D eigenvalue weighted by molar-refractivity contribution is -0.118. The molecular weight excluding hydrogens is 318 g/mol. The van der Waals surface area contributed by atoms with Gasteiger partial charge < -0.3 is 10.1 Å². The van der Waals surface area contributed by atoms with E-state index >= 15 is 0 Å². The number of benzene rings is 1. The lowest BCUT2D eigenvalue weighted by atomic mass is 9.84. The van der Waals surface area contributed by atoms with Gasteiger partial charge in [-0.3, -0.25) is 4.79 Å². The zero-order valence-corrected chi connectivity index (χ0v) is 12.9. The summed E-state index contributed by atoms with van der Waals surface area (Å²) in [6, 6.07) is 6.17. The summed E-state index contributed by atoms with van der Waals surface area (Å²) in [5, 5.41) is 2.89. The third kappa shape index (κ3) is 2.05. The molecule has 1 aliphatic heterocycles. The second kappa shape index (κ2) is 4.76. The Morgan fingerprint density at radius 2 is 2.20 bits per heavy atom. The first-order chi connectivity index (χ1) is 9.70. The molecule has 0 radical (unpaired) electrons. The molecule has 20 heavy (non-hydrogen) atoms. The van der Waals surface area contributed by atoms with Gasteiger partial charge in [-0.15, -0.1) is 0 Å². The maximum Gasteiger partial charge on any atom is 0.262 e. The van der Waals surface area contributed by atoms with Gasteiger partial charge in [0.15, 0.2) is 6.61 Å². The monoisotopic (exact) mass is 335 g/mol. The molecular formula is C16H18BrNO2. The van der Waals surface area contributed by atoms with E-state index < -0.39 is 0 Å². The van der Waals surface area contributed by atoms with Crippen molar-refractivity contribution < 1.29 is 9.53 Å². The van der Waals surface area contributed by atoms with E-state index in [1.807, 2.05) is 6.07 Å². The fourth-order valence-corrected chi connectivity index (χ4v) is 5.10. The van der Waals surface area contributed by atoms with Gasteiger partial charge in [0.2, 0.25) is 0 Å². The van der Waals surface area contributed by atoms with E-state index in [1.54, 1.807) is 0 Å². The lowest BCUT2D eigenvalue weighted by Crippen LogP contribution is -2.25. The summed E-state index contributed by atoms with van der Waals surface area (Å²) in [7, 11) is 0. The summed E-state index contributed by atoms with van der Waals surface area (Å²) in [6.45, 7) is 0.121. The van der Waals surface area contributed by atoms with E-state index in [-0.39, 0.29) is 12.5 Å². The van der Waals surface area contributed by atoms with Crippen molar-refractivity contribution >= 4 is 27.5 Å². The van der Waals surface area contributed by atoms with Gasteiger partial charge in [-0.05, 0) is 54.7 Å². The van der Waals surface area contributed by atoms with Crippen molar-refractivity contribution in [1.29, 1.82) is 0 Å². The highest BCUT2D eigenvalue weighted by Gasteiger charge is 2.42. The average molecular weight is 336 g/mol. The number of fused-ring (bicyclic) bond motifs is 3. The fraction of sp³-hybridized carbons (Fsp3) is 0.562. The summed E-state index contributed by atoms with van der Waals surface area (Å²) in [5.41, 5.74) is 2.07. The molecule has 0 spiro atoms. The lowest BCUT2D eigenvalue weighted by Gasteiger charge is -2.28. The fourth-order valence-electron chi connectivity index (χ4n) is 4.17. The quantitative estimate of drug-likeness (QED) is 0.832. The van der Waals surface area contributed by atoms with Gasteiger partial charge in [0.1, 0.15) is 5.75 Å². The Morgan fingerprint density at radius 3 is 2.95 bits per heavy atom. The molecule has 1 aromatic rings. The van der Waals surface area contributed by atoms with Gasteiger partial charge in [0.25, 0.3) is 5.91 Å². The topological polar surface area (TPSA) is 38.3 Å². The Balaban J connectivity index is 1.59. The van der Waals surface area contributed by atoms with E-state index in [0.717, 1.165) is 29.2 Å². The van der Waals surface area contributed by atoms with E-state index in [0.29, 0.717) is 4.83 Å². The Labute approximate surface area is 127 Å². The van der Waals surface area contributed by atoms with Crippen LogP contribution in [0, 0.1) is 17.8 Å². The highest BCUT2D eigenvalue weighted by Crippen LogP contribution is 2.55. The molecule has 2 fully saturated rings. The summed E-state index contributed by atoms with van der Waals surface area (Å²) in [5.74, 6) is 3.28. The summed E-state index contributed by atoms with van der Waals surface area (Å²) in [4.78, 5) is 11.8. The van der Waals surface area contributed by atoms with E-state index in [1.165, 1.54) is 31.2 Å². The molecule has 2 saturated carbocycles. The van der Waals surface area contributed by atoms with Crippen LogP contribution in [-0.2, 0) is 4.79 Å². The molecule has 4 heteroatoms. The van der Waals surface area contributed by atoms with Crippen LogP contribution < -0.4 is 10.1 Å². The Bertz CT molecular complexity index is 559. The van der Waals surface area contributed by atoms with Crippen LogP contribution in [-0.4, -0.2) is 12.5 Å². The summed E-state index contributed by atoms with van der Waals surface area (Å²) in [6.07, 6.45) is 5.58. The van der Waals surface area contributed by atoms with Gasteiger partial charge in [0.05, 0.1) is 5.69 Å². The zero-order chi connectivity index (χ0) is 13.7. The zero-order valence-electron chi connectivity index (χ0n) is 11.3. The average Bonchev–Trinajstić information content (AvgIpc) is 3.08. The number of hydrogen-bond donors (Lipinski definition) is 1. The number of halogens is 1. The van der Waals surface area contributed by atoms with Crippen molar-refractivity contribution in [3.8, 4) is 5.75 Å². The number of rotatable bonds is 2. The molecule has 4 rings (SSSR count). The Morgan fingerprint density at radius 1 is 1.30 bits per heavy atom. The van der Waals surface area contributed by atoms with Crippen molar-refractivity contribution in [2.45, 2.75) is 30.5 Å². The van der Waals surface area contributed by atoms with Crippen LogP contribution in [0.25, 0.3) is 0 Å². The van der Waals surface area contributed by atoms with Crippen LogP contribution in [0.4, 0.5) is 5.69 Å². The van der Waals surface area contributed by atoms with E-state index in [4.69, 9.17) is 4.74 Å². The normalized spacial score (nSPS) is 32.5. The third-order valence-corrected chi connectivity index (χ3v) is 6.33. The molecule has 1 N–H and O–H groups in total. The highest BCUT2D eigenvalue weighted by atomic mass is 79.9. The second-order valence-electron chi connectivity index (χ2n) is 6.33. The number of nitrogens with one attached hydrogen (secondary N) is 1. The molecule has 1 aromatic carbocycles. The molecule has 2 bridgehead atoms. The smallest absolute Gasteiger partial charge is 0.262 e. The molecule has 1 amide bonds. The summed E-state index contributed by atoms with van der Waals surface area (Å²) < 4.78 is 5.42. The molecule has 4 atom stereocenters. The SMILES string of the molecule is O=C1COc2ccc(C(Br)C3CC4CCC3C4)cc2N1. The predicted octanol–water partition coefficient (Wildman–Crippen LogP) is 3.89. The van der Waals surface area contributed by atoms with E-state index in [9.17, 15) is 4.79 Å². The first kappa shape index (κ1) is 12.7. The van der Waals surface area contributed by atoms with Gasteiger partial charge in [-0.2, -0.15) is 0 Å². The number of carbonyl (C=O) groups excluding carboxylic acids is 1. The molecule has 0 saturated heterocycles. The van der Waals surface area contributed by atoms with Gasteiger partial charge in [-0.25, -0.2) is 0 Å². The second-order valence-corrected chi connectivity index (χ2v) is 7.32. The number of anilines is 1. The molecule has 3 aliphatic rings. The van der Waals surface area contributed by atoms with Crippen LogP contribution in [0.5, 0.6) is 5.75 Å². The van der Waals surface area contributed by atoms with Crippen LogP contribution >= 0.6 is 15.9 Å². The number of ether oxygens (including phenoxy) is 1. The van der Waals surface area contributed by atoms with Crippen LogP contribution in [0.15, 0.2) is 18.2 Å². The van der Waals surface area contributed by atoms with Crippen molar-refractivity contribution in [3.05, 3.63) is 23.8 Å². The van der Waals surface area contributed by atoms with Crippen LogP contribution in [0.1, 0.15) is 36.1 Å². The molecule has 3 nitrogen and oxygen atoms in total. The minimum atomic E-state index is -0.0688. The molecule has 4 unspecified atom stereocenters.